The summed E-state index contributed by atoms with van der Waals surface area (Å²) in [5.41, 5.74) is 8.23. The van der Waals surface area contributed by atoms with Crippen LogP contribution in [0.25, 0.3) is 0 Å². The van der Waals surface area contributed by atoms with Crippen molar-refractivity contribution in [2.75, 3.05) is 17.7 Å². The van der Waals surface area contributed by atoms with Gasteiger partial charge in [-0.25, -0.2) is 0 Å². The van der Waals surface area contributed by atoms with Crippen molar-refractivity contribution < 1.29 is 4.74 Å². The Labute approximate surface area is 116 Å². The highest BCUT2D eigenvalue weighted by Crippen LogP contribution is 2.38. The van der Waals surface area contributed by atoms with Gasteiger partial charge in [0.2, 0.25) is 0 Å². The van der Waals surface area contributed by atoms with Crippen molar-refractivity contribution in [1.82, 2.24) is 0 Å². The smallest absolute Gasteiger partial charge is 0.123 e. The SMILES string of the molecule is CCCOc1cc(N)cc(NC2CCC(C)(C)C2)c1. The fourth-order valence-corrected chi connectivity index (χ4v) is 2.80. The lowest BCUT2D eigenvalue weighted by atomic mass is 9.92. The summed E-state index contributed by atoms with van der Waals surface area (Å²) in [5.74, 6) is 0.863. The van der Waals surface area contributed by atoms with Crippen LogP contribution in [0.3, 0.4) is 0 Å². The molecule has 1 aromatic rings. The summed E-state index contributed by atoms with van der Waals surface area (Å²) >= 11 is 0. The minimum atomic E-state index is 0.458. The van der Waals surface area contributed by atoms with E-state index in [1.807, 2.05) is 12.1 Å². The van der Waals surface area contributed by atoms with Gasteiger partial charge in [-0.1, -0.05) is 20.8 Å². The van der Waals surface area contributed by atoms with Crippen molar-refractivity contribution in [3.05, 3.63) is 18.2 Å². The number of anilines is 2. The largest absolute Gasteiger partial charge is 0.493 e. The summed E-state index contributed by atoms with van der Waals surface area (Å²) in [5, 5.41) is 3.59. The molecule has 0 aromatic heterocycles. The van der Waals surface area contributed by atoms with Crippen LogP contribution < -0.4 is 15.8 Å². The minimum absolute atomic E-state index is 0.458. The molecule has 106 valence electrons. The maximum atomic E-state index is 5.94. The number of hydrogen-bond acceptors (Lipinski definition) is 3. The van der Waals surface area contributed by atoms with E-state index in [0.29, 0.717) is 11.5 Å². The fraction of sp³-hybridized carbons (Fsp3) is 0.625. The third-order valence-corrected chi connectivity index (χ3v) is 3.74. The lowest BCUT2D eigenvalue weighted by Gasteiger charge is -2.19. The van der Waals surface area contributed by atoms with Crippen molar-refractivity contribution >= 4 is 11.4 Å². The van der Waals surface area contributed by atoms with Crippen LogP contribution in [0, 0.1) is 5.41 Å². The second-order valence-corrected chi connectivity index (χ2v) is 6.39. The van der Waals surface area contributed by atoms with Gasteiger partial charge in [-0.05, 0) is 37.2 Å². The van der Waals surface area contributed by atoms with Crippen molar-refractivity contribution in [3.8, 4) is 5.75 Å². The molecule has 0 heterocycles. The summed E-state index contributed by atoms with van der Waals surface area (Å²) in [6.45, 7) is 7.51. The van der Waals surface area contributed by atoms with Crippen molar-refractivity contribution in [2.45, 2.75) is 52.5 Å². The molecule has 3 nitrogen and oxygen atoms in total. The Hall–Kier alpha value is -1.38. The molecule has 0 radical (unpaired) electrons. The van der Waals surface area contributed by atoms with Gasteiger partial charge in [0, 0.05) is 29.5 Å². The van der Waals surface area contributed by atoms with E-state index >= 15 is 0 Å². The Balaban J connectivity index is 2.02. The first kappa shape index (κ1) is 14.0. The second-order valence-electron chi connectivity index (χ2n) is 6.39. The summed E-state index contributed by atoms with van der Waals surface area (Å²) in [7, 11) is 0. The zero-order valence-corrected chi connectivity index (χ0v) is 12.3. The Morgan fingerprint density at radius 3 is 2.79 bits per heavy atom. The van der Waals surface area contributed by atoms with Crippen LogP contribution in [0.5, 0.6) is 5.75 Å². The van der Waals surface area contributed by atoms with Crippen molar-refractivity contribution in [2.24, 2.45) is 5.41 Å². The highest BCUT2D eigenvalue weighted by molar-refractivity contribution is 5.59. The van der Waals surface area contributed by atoms with E-state index in [1.54, 1.807) is 0 Å². The van der Waals surface area contributed by atoms with Crippen LogP contribution in [0.4, 0.5) is 11.4 Å². The highest BCUT2D eigenvalue weighted by Gasteiger charge is 2.30. The molecule has 3 heteroatoms. The van der Waals surface area contributed by atoms with Crippen LogP contribution in [-0.2, 0) is 0 Å². The van der Waals surface area contributed by atoms with Gasteiger partial charge in [-0.3, -0.25) is 0 Å². The van der Waals surface area contributed by atoms with Gasteiger partial charge in [0.25, 0.3) is 0 Å². The van der Waals surface area contributed by atoms with Crippen molar-refractivity contribution in [3.63, 3.8) is 0 Å². The van der Waals surface area contributed by atoms with Crippen LogP contribution in [0.2, 0.25) is 0 Å². The van der Waals surface area contributed by atoms with E-state index in [-0.39, 0.29) is 0 Å². The zero-order valence-electron chi connectivity index (χ0n) is 12.3. The predicted octanol–water partition coefficient (Wildman–Crippen LogP) is 4.05. The fourth-order valence-electron chi connectivity index (χ4n) is 2.80. The molecule has 1 aliphatic carbocycles. The first-order valence-electron chi connectivity index (χ1n) is 7.28. The number of benzene rings is 1. The lowest BCUT2D eigenvalue weighted by Crippen LogP contribution is -2.17. The van der Waals surface area contributed by atoms with Gasteiger partial charge in [-0.15, -0.1) is 0 Å². The molecule has 19 heavy (non-hydrogen) atoms. The van der Waals surface area contributed by atoms with Gasteiger partial charge < -0.3 is 15.8 Å². The average molecular weight is 262 g/mol. The molecular weight excluding hydrogens is 236 g/mol. The summed E-state index contributed by atoms with van der Waals surface area (Å²) < 4.78 is 5.66. The molecule has 1 atom stereocenters. The maximum absolute atomic E-state index is 5.94. The van der Waals surface area contributed by atoms with E-state index in [0.717, 1.165) is 30.2 Å². The monoisotopic (exact) mass is 262 g/mol. The van der Waals surface area contributed by atoms with Crippen molar-refractivity contribution in [1.29, 1.82) is 0 Å². The molecule has 1 saturated carbocycles. The van der Waals surface area contributed by atoms with E-state index in [9.17, 15) is 0 Å². The third kappa shape index (κ3) is 4.05. The minimum Gasteiger partial charge on any atom is -0.493 e. The Morgan fingerprint density at radius 1 is 1.37 bits per heavy atom. The molecular formula is C16H26N2O. The zero-order chi connectivity index (χ0) is 13.9. The number of nitrogens with one attached hydrogen (secondary N) is 1. The molecule has 2 rings (SSSR count). The summed E-state index contributed by atoms with van der Waals surface area (Å²) in [6, 6.07) is 6.48. The third-order valence-electron chi connectivity index (χ3n) is 3.74. The molecule has 3 N–H and O–H groups in total. The van der Waals surface area contributed by atoms with Gasteiger partial charge in [0.05, 0.1) is 6.61 Å². The number of hydrogen-bond donors (Lipinski definition) is 2. The van der Waals surface area contributed by atoms with E-state index in [4.69, 9.17) is 10.5 Å². The van der Waals surface area contributed by atoms with Gasteiger partial charge in [-0.2, -0.15) is 0 Å². The number of nitrogen functional groups attached to an aromatic ring is 1. The molecule has 1 unspecified atom stereocenters. The van der Waals surface area contributed by atoms with E-state index < -0.39 is 0 Å². The Morgan fingerprint density at radius 2 is 2.16 bits per heavy atom. The Bertz CT molecular complexity index is 429. The number of ether oxygens (including phenoxy) is 1. The maximum Gasteiger partial charge on any atom is 0.123 e. The molecule has 0 saturated heterocycles. The van der Waals surface area contributed by atoms with Gasteiger partial charge in [0.15, 0.2) is 0 Å². The van der Waals surface area contributed by atoms with Crippen LogP contribution in [-0.4, -0.2) is 12.6 Å². The number of rotatable bonds is 5. The molecule has 0 aliphatic heterocycles. The van der Waals surface area contributed by atoms with Gasteiger partial charge >= 0.3 is 0 Å². The van der Waals surface area contributed by atoms with Crippen LogP contribution >= 0.6 is 0 Å². The molecule has 0 bridgehead atoms. The number of nitrogens with two attached hydrogens (primary N) is 1. The molecule has 0 spiro atoms. The summed E-state index contributed by atoms with van der Waals surface area (Å²) in [4.78, 5) is 0. The quantitative estimate of drug-likeness (QED) is 0.787. The lowest BCUT2D eigenvalue weighted by molar-refractivity contribution is 0.318. The van der Waals surface area contributed by atoms with E-state index in [1.165, 1.54) is 19.3 Å². The molecule has 0 amide bonds. The first-order valence-corrected chi connectivity index (χ1v) is 7.28. The highest BCUT2D eigenvalue weighted by atomic mass is 16.5. The predicted molar refractivity (Wildman–Crippen MR) is 81.7 cm³/mol. The molecule has 1 fully saturated rings. The van der Waals surface area contributed by atoms with Crippen LogP contribution in [0.1, 0.15) is 46.5 Å². The van der Waals surface area contributed by atoms with E-state index in [2.05, 4.69) is 32.2 Å². The topological polar surface area (TPSA) is 47.3 Å². The second kappa shape index (κ2) is 5.72. The van der Waals surface area contributed by atoms with Crippen LogP contribution in [0.15, 0.2) is 18.2 Å². The first-order chi connectivity index (χ1) is 8.98. The average Bonchev–Trinajstić information content (AvgIpc) is 2.65. The summed E-state index contributed by atoms with van der Waals surface area (Å²) in [6.07, 6.45) is 4.74. The molecule has 1 aliphatic rings. The van der Waals surface area contributed by atoms with Gasteiger partial charge in [0.1, 0.15) is 5.75 Å². The molecule has 1 aromatic carbocycles. The standard InChI is InChI=1S/C16H26N2O/c1-4-7-19-15-9-12(17)8-14(10-15)18-13-5-6-16(2,3)11-13/h8-10,13,18H,4-7,11,17H2,1-3H3. The normalized spacial score (nSPS) is 21.3. The Kier molecular flexibility index (Phi) is 4.23.